The van der Waals surface area contributed by atoms with Gasteiger partial charge in [-0.05, 0) is 66.8 Å². The molecular formula is C25H30ClF3N2O5S2. The molecule has 1 N–H and O–H groups in total. The number of carbonyl (C=O) groups is 1. The molecule has 1 fully saturated rings. The Kier molecular flexibility index (Phi) is 9.54. The van der Waals surface area contributed by atoms with E-state index >= 15 is 0 Å². The van der Waals surface area contributed by atoms with Crippen LogP contribution in [0.3, 0.4) is 0 Å². The van der Waals surface area contributed by atoms with Crippen molar-refractivity contribution in [2.45, 2.75) is 43.9 Å². The number of sulfone groups is 2. The summed E-state index contributed by atoms with van der Waals surface area (Å²) < 4.78 is 89.3. The molecule has 13 heteroatoms. The van der Waals surface area contributed by atoms with Gasteiger partial charge in [-0.15, -0.1) is 0 Å². The Bertz CT molecular complexity index is 1400. The molecule has 1 saturated heterocycles. The van der Waals surface area contributed by atoms with Crippen LogP contribution in [0.15, 0.2) is 41.3 Å². The van der Waals surface area contributed by atoms with Gasteiger partial charge in [-0.3, -0.25) is 9.69 Å². The van der Waals surface area contributed by atoms with E-state index in [0.29, 0.717) is 25.9 Å². The van der Waals surface area contributed by atoms with Crippen molar-refractivity contribution in [1.29, 1.82) is 0 Å². The first-order valence-corrected chi connectivity index (χ1v) is 16.1. The summed E-state index contributed by atoms with van der Waals surface area (Å²) in [5.41, 5.74) is -0.888. The molecule has 0 radical (unpaired) electrons. The van der Waals surface area contributed by atoms with Gasteiger partial charge in [-0.25, -0.2) is 16.8 Å². The standard InChI is InChI=1S/C25H30ClF3N2O5S2/c1-3-38(35,36)23-7-6-21(26)12-20(23)14-30-24(32)18-4-5-19(22(13-18)25(27,28)29)16-31-10-8-17(15-31)9-11-37(2,33)34/h4-7,12-13,17H,3,8-11,14-16H2,1-2H3,(H,30,32)/t17-/m0/s1. The van der Waals surface area contributed by atoms with E-state index in [1.54, 1.807) is 0 Å². The van der Waals surface area contributed by atoms with E-state index < -0.39 is 37.3 Å². The van der Waals surface area contributed by atoms with Crippen molar-refractivity contribution in [3.05, 3.63) is 63.7 Å². The predicted octanol–water partition coefficient (Wildman–Crippen LogP) is 4.34. The molecule has 2 aromatic rings. The minimum Gasteiger partial charge on any atom is -0.348 e. The predicted molar refractivity (Wildman–Crippen MR) is 140 cm³/mol. The summed E-state index contributed by atoms with van der Waals surface area (Å²) >= 11 is 5.98. The van der Waals surface area contributed by atoms with Crippen LogP contribution >= 0.6 is 11.6 Å². The van der Waals surface area contributed by atoms with Crippen molar-refractivity contribution >= 4 is 37.2 Å². The number of halogens is 4. The second-order valence-electron chi connectivity index (χ2n) is 9.52. The van der Waals surface area contributed by atoms with Crippen molar-refractivity contribution in [2.75, 3.05) is 30.9 Å². The molecule has 3 rings (SSSR count). The number of rotatable bonds is 10. The summed E-state index contributed by atoms with van der Waals surface area (Å²) in [5.74, 6) is -0.813. The van der Waals surface area contributed by atoms with E-state index in [2.05, 4.69) is 5.32 Å². The Morgan fingerprint density at radius 2 is 1.82 bits per heavy atom. The lowest BCUT2D eigenvalue weighted by molar-refractivity contribution is -0.138. The number of hydrogen-bond donors (Lipinski definition) is 1. The van der Waals surface area contributed by atoms with Gasteiger partial charge in [-0.2, -0.15) is 13.2 Å². The van der Waals surface area contributed by atoms with Crippen molar-refractivity contribution < 1.29 is 34.8 Å². The van der Waals surface area contributed by atoms with Crippen LogP contribution in [0.2, 0.25) is 5.02 Å². The number of benzene rings is 2. The molecule has 38 heavy (non-hydrogen) atoms. The fourth-order valence-corrected chi connectivity index (χ4v) is 6.53. The van der Waals surface area contributed by atoms with E-state index in [9.17, 15) is 34.8 Å². The molecule has 0 saturated carbocycles. The topological polar surface area (TPSA) is 101 Å². The molecule has 0 aliphatic carbocycles. The molecule has 1 atom stereocenters. The van der Waals surface area contributed by atoms with Gasteiger partial charge < -0.3 is 5.32 Å². The first-order valence-electron chi connectivity index (χ1n) is 12.0. The molecular weight excluding hydrogens is 565 g/mol. The number of nitrogens with one attached hydrogen (secondary N) is 1. The van der Waals surface area contributed by atoms with Crippen LogP contribution in [0.5, 0.6) is 0 Å². The van der Waals surface area contributed by atoms with Crippen molar-refractivity contribution in [3.8, 4) is 0 Å². The number of alkyl halides is 3. The Morgan fingerprint density at radius 3 is 2.45 bits per heavy atom. The van der Waals surface area contributed by atoms with Gasteiger partial charge in [0.25, 0.3) is 5.91 Å². The molecule has 0 spiro atoms. The lowest BCUT2D eigenvalue weighted by Crippen LogP contribution is -2.26. The second kappa shape index (κ2) is 11.9. The smallest absolute Gasteiger partial charge is 0.348 e. The maximum atomic E-state index is 13.9. The van der Waals surface area contributed by atoms with E-state index in [-0.39, 0.29) is 57.1 Å². The van der Waals surface area contributed by atoms with Gasteiger partial charge in [0.2, 0.25) is 0 Å². The number of hydrogen-bond acceptors (Lipinski definition) is 6. The maximum absolute atomic E-state index is 13.9. The molecule has 0 aromatic heterocycles. The van der Waals surface area contributed by atoms with Crippen LogP contribution in [-0.2, 0) is 38.9 Å². The molecule has 0 bridgehead atoms. The third-order valence-corrected chi connectivity index (χ3v) is 9.56. The molecule has 1 heterocycles. The fourth-order valence-electron chi connectivity index (χ4n) is 4.46. The highest BCUT2D eigenvalue weighted by molar-refractivity contribution is 7.91. The Hall–Kier alpha value is -2.15. The molecule has 0 unspecified atom stereocenters. The maximum Gasteiger partial charge on any atom is 0.416 e. The molecule has 7 nitrogen and oxygen atoms in total. The number of carbonyl (C=O) groups excluding carboxylic acids is 1. The molecule has 2 aromatic carbocycles. The third kappa shape index (κ3) is 8.17. The Balaban J connectivity index is 1.74. The van der Waals surface area contributed by atoms with Gasteiger partial charge in [0.15, 0.2) is 9.84 Å². The van der Waals surface area contributed by atoms with Gasteiger partial charge in [-0.1, -0.05) is 24.6 Å². The summed E-state index contributed by atoms with van der Waals surface area (Å²) in [5, 5.41) is 2.75. The van der Waals surface area contributed by atoms with E-state index in [4.69, 9.17) is 11.6 Å². The lowest BCUT2D eigenvalue weighted by atomic mass is 10.0. The van der Waals surface area contributed by atoms with Crippen LogP contribution in [0.4, 0.5) is 13.2 Å². The number of likely N-dealkylation sites (tertiary alicyclic amines) is 1. The van der Waals surface area contributed by atoms with Crippen LogP contribution in [-0.4, -0.2) is 58.5 Å². The van der Waals surface area contributed by atoms with Gasteiger partial charge in [0.1, 0.15) is 9.84 Å². The SMILES string of the molecule is CCS(=O)(=O)c1ccc(Cl)cc1CNC(=O)c1ccc(CN2CC[C@@H](CCS(C)(=O)=O)C2)c(C(F)(F)F)c1. The first-order chi connectivity index (χ1) is 17.6. The normalized spacial score (nSPS) is 17.1. The Labute approximate surface area is 226 Å². The quantitative estimate of drug-likeness (QED) is 0.439. The van der Waals surface area contributed by atoms with Crippen molar-refractivity contribution in [1.82, 2.24) is 10.2 Å². The highest BCUT2D eigenvalue weighted by atomic mass is 35.5. The summed E-state index contributed by atoms with van der Waals surface area (Å²) in [6, 6.07) is 7.52. The number of nitrogens with zero attached hydrogens (tertiary/aromatic N) is 1. The van der Waals surface area contributed by atoms with Gasteiger partial charge in [0.05, 0.1) is 22.0 Å². The zero-order valence-electron chi connectivity index (χ0n) is 21.0. The highest BCUT2D eigenvalue weighted by Crippen LogP contribution is 2.34. The first kappa shape index (κ1) is 30.4. The van der Waals surface area contributed by atoms with E-state index in [0.717, 1.165) is 12.3 Å². The van der Waals surface area contributed by atoms with Gasteiger partial charge in [0, 0.05) is 36.5 Å². The Morgan fingerprint density at radius 1 is 1.11 bits per heavy atom. The largest absolute Gasteiger partial charge is 0.416 e. The lowest BCUT2D eigenvalue weighted by Gasteiger charge is -2.20. The summed E-state index contributed by atoms with van der Waals surface area (Å²) in [6.45, 7) is 2.31. The highest BCUT2D eigenvalue weighted by Gasteiger charge is 2.35. The average Bonchev–Trinajstić information content (AvgIpc) is 3.27. The van der Waals surface area contributed by atoms with Crippen LogP contribution in [0.25, 0.3) is 0 Å². The summed E-state index contributed by atoms with van der Waals surface area (Å²) in [4.78, 5) is 14.6. The van der Waals surface area contributed by atoms with Crippen molar-refractivity contribution in [3.63, 3.8) is 0 Å². The minimum atomic E-state index is -4.70. The van der Waals surface area contributed by atoms with Gasteiger partial charge >= 0.3 is 6.18 Å². The van der Waals surface area contributed by atoms with E-state index in [1.807, 2.05) is 4.90 Å². The number of amides is 1. The molecule has 1 aliphatic heterocycles. The van der Waals surface area contributed by atoms with Crippen molar-refractivity contribution in [2.24, 2.45) is 5.92 Å². The molecule has 210 valence electrons. The van der Waals surface area contributed by atoms with E-state index in [1.165, 1.54) is 37.3 Å². The van der Waals surface area contributed by atoms with Crippen LogP contribution in [0, 0.1) is 5.92 Å². The zero-order valence-corrected chi connectivity index (χ0v) is 23.4. The second-order valence-corrected chi connectivity index (χ2v) is 14.5. The summed E-state index contributed by atoms with van der Waals surface area (Å²) in [6.07, 6.45) is -2.37. The third-order valence-electron chi connectivity index (χ3n) is 6.52. The summed E-state index contributed by atoms with van der Waals surface area (Å²) in [7, 11) is -6.71. The van der Waals surface area contributed by atoms with Crippen LogP contribution in [0.1, 0.15) is 46.8 Å². The zero-order chi connectivity index (χ0) is 28.3. The monoisotopic (exact) mass is 594 g/mol. The minimum absolute atomic E-state index is 0.00326. The average molecular weight is 595 g/mol. The molecule has 1 aliphatic rings. The van der Waals surface area contributed by atoms with Crippen LogP contribution < -0.4 is 5.32 Å². The molecule has 1 amide bonds. The fraction of sp³-hybridized carbons (Fsp3) is 0.480.